The highest BCUT2D eigenvalue weighted by Crippen LogP contribution is 2.58. The molecule has 4 saturated carbocycles. The summed E-state index contributed by atoms with van der Waals surface area (Å²) in [6.07, 6.45) is 9.22. The zero-order chi connectivity index (χ0) is 13.0. The molecule has 4 heteroatoms. The van der Waals surface area contributed by atoms with E-state index in [0.717, 1.165) is 29.5 Å². The van der Waals surface area contributed by atoms with Crippen LogP contribution in [0.1, 0.15) is 56.8 Å². The lowest BCUT2D eigenvalue weighted by molar-refractivity contribution is -0.0304. The van der Waals surface area contributed by atoms with Crippen LogP contribution in [0.5, 0.6) is 0 Å². The molecular formula is C15H24N4. The van der Waals surface area contributed by atoms with Gasteiger partial charge in [0.2, 0.25) is 0 Å². The first kappa shape index (κ1) is 11.9. The molecule has 1 heterocycles. The van der Waals surface area contributed by atoms with Crippen LogP contribution in [0.15, 0.2) is 6.33 Å². The van der Waals surface area contributed by atoms with Crippen molar-refractivity contribution in [2.24, 2.45) is 29.4 Å². The van der Waals surface area contributed by atoms with E-state index in [9.17, 15) is 0 Å². The van der Waals surface area contributed by atoms with Crippen molar-refractivity contribution >= 4 is 0 Å². The van der Waals surface area contributed by atoms with Crippen LogP contribution >= 0.6 is 0 Å². The van der Waals surface area contributed by atoms with Gasteiger partial charge < -0.3 is 10.3 Å². The highest BCUT2D eigenvalue weighted by Gasteiger charge is 2.49. The zero-order valence-electron chi connectivity index (χ0n) is 11.7. The van der Waals surface area contributed by atoms with E-state index in [2.05, 4.69) is 21.7 Å². The summed E-state index contributed by atoms with van der Waals surface area (Å²) in [5, 5.41) is 8.53. The third-order valence-electron chi connectivity index (χ3n) is 5.89. The van der Waals surface area contributed by atoms with E-state index in [1.807, 2.05) is 6.33 Å². The molecule has 1 aromatic heterocycles. The van der Waals surface area contributed by atoms with Crippen molar-refractivity contribution in [3.05, 3.63) is 12.2 Å². The molecule has 1 aromatic rings. The van der Waals surface area contributed by atoms with Crippen LogP contribution in [0.3, 0.4) is 0 Å². The van der Waals surface area contributed by atoms with Crippen molar-refractivity contribution in [1.29, 1.82) is 0 Å². The fraction of sp³-hybridized carbons (Fsp3) is 0.867. The summed E-state index contributed by atoms with van der Waals surface area (Å²) in [4.78, 5) is 0. The normalized spacial score (nSPS) is 41.7. The predicted octanol–water partition coefficient (Wildman–Crippen LogP) is 2.34. The van der Waals surface area contributed by atoms with Crippen molar-refractivity contribution in [2.75, 3.05) is 6.54 Å². The third-order valence-corrected chi connectivity index (χ3v) is 5.89. The molecule has 1 atom stereocenters. The van der Waals surface area contributed by atoms with Crippen LogP contribution in [0.2, 0.25) is 0 Å². The standard InChI is InChI=1S/C15H24N4/c1-9(7-16)15-18-17-8-19(15)14-12-3-10-2-11(5-12)6-13(14)4-10/h8-14H,2-7,16H2,1H3. The molecule has 0 amide bonds. The molecule has 0 radical (unpaired) electrons. The third kappa shape index (κ3) is 1.76. The Morgan fingerprint density at radius 3 is 2.42 bits per heavy atom. The molecule has 4 aliphatic rings. The summed E-state index contributed by atoms with van der Waals surface area (Å²) in [6.45, 7) is 2.82. The molecule has 19 heavy (non-hydrogen) atoms. The number of nitrogens with zero attached hydrogens (tertiary/aromatic N) is 3. The minimum Gasteiger partial charge on any atom is -0.330 e. The molecule has 4 bridgehead atoms. The van der Waals surface area contributed by atoms with Crippen LogP contribution < -0.4 is 5.73 Å². The van der Waals surface area contributed by atoms with Crippen LogP contribution in [0.4, 0.5) is 0 Å². The van der Waals surface area contributed by atoms with Gasteiger partial charge in [0, 0.05) is 18.5 Å². The molecule has 4 aliphatic carbocycles. The fourth-order valence-electron chi connectivity index (χ4n) is 5.29. The van der Waals surface area contributed by atoms with Gasteiger partial charge in [0.25, 0.3) is 0 Å². The van der Waals surface area contributed by atoms with Gasteiger partial charge in [-0.15, -0.1) is 10.2 Å². The lowest BCUT2D eigenvalue weighted by atomic mass is 9.54. The second-order valence-electron chi connectivity index (χ2n) is 7.15. The number of aromatic nitrogens is 3. The van der Waals surface area contributed by atoms with Gasteiger partial charge in [-0.25, -0.2) is 0 Å². The van der Waals surface area contributed by atoms with Crippen molar-refractivity contribution in [2.45, 2.75) is 51.0 Å². The Labute approximate surface area is 114 Å². The van der Waals surface area contributed by atoms with E-state index in [-0.39, 0.29) is 0 Å². The lowest BCUT2D eigenvalue weighted by Gasteiger charge is -2.54. The molecule has 1 unspecified atom stereocenters. The minimum absolute atomic E-state index is 0.319. The highest BCUT2D eigenvalue weighted by atomic mass is 15.3. The summed E-state index contributed by atoms with van der Waals surface area (Å²) in [7, 11) is 0. The molecule has 2 N–H and O–H groups in total. The molecule has 0 saturated heterocycles. The van der Waals surface area contributed by atoms with Gasteiger partial charge in [-0.05, 0) is 55.8 Å². The van der Waals surface area contributed by atoms with Gasteiger partial charge >= 0.3 is 0 Å². The quantitative estimate of drug-likeness (QED) is 0.907. The summed E-state index contributed by atoms with van der Waals surface area (Å²) in [5.41, 5.74) is 5.83. The molecule has 4 nitrogen and oxygen atoms in total. The summed E-state index contributed by atoms with van der Waals surface area (Å²) >= 11 is 0. The van der Waals surface area contributed by atoms with Crippen molar-refractivity contribution in [1.82, 2.24) is 14.8 Å². The van der Waals surface area contributed by atoms with Crippen molar-refractivity contribution in [3.63, 3.8) is 0 Å². The van der Waals surface area contributed by atoms with E-state index in [4.69, 9.17) is 5.73 Å². The Kier molecular flexibility index (Phi) is 2.69. The average Bonchev–Trinajstić information content (AvgIpc) is 2.85. The topological polar surface area (TPSA) is 56.7 Å². The lowest BCUT2D eigenvalue weighted by Crippen LogP contribution is -2.46. The van der Waals surface area contributed by atoms with Gasteiger partial charge in [0.05, 0.1) is 0 Å². The SMILES string of the molecule is CC(CN)c1nncn1C1C2CC3CC(C2)CC1C3. The second-order valence-corrected chi connectivity index (χ2v) is 7.15. The maximum atomic E-state index is 5.83. The van der Waals surface area contributed by atoms with Crippen LogP contribution in [-0.2, 0) is 0 Å². The van der Waals surface area contributed by atoms with Crippen molar-refractivity contribution in [3.8, 4) is 0 Å². The van der Waals surface area contributed by atoms with Crippen LogP contribution in [-0.4, -0.2) is 21.3 Å². The zero-order valence-corrected chi connectivity index (χ0v) is 11.7. The maximum Gasteiger partial charge on any atom is 0.137 e. The Bertz CT molecular complexity index is 438. The molecule has 0 aliphatic heterocycles. The molecule has 0 aromatic carbocycles. The van der Waals surface area contributed by atoms with Crippen LogP contribution in [0, 0.1) is 23.7 Å². The summed E-state index contributed by atoms with van der Waals surface area (Å²) < 4.78 is 2.39. The van der Waals surface area contributed by atoms with Crippen molar-refractivity contribution < 1.29 is 0 Å². The van der Waals surface area contributed by atoms with Gasteiger partial charge in [0.1, 0.15) is 12.2 Å². The molecular weight excluding hydrogens is 236 g/mol. The molecule has 5 rings (SSSR count). The number of rotatable bonds is 3. The van der Waals surface area contributed by atoms with E-state index in [1.54, 1.807) is 0 Å². The summed E-state index contributed by atoms with van der Waals surface area (Å²) in [5.74, 6) is 5.21. The monoisotopic (exact) mass is 260 g/mol. The molecule has 104 valence electrons. The Morgan fingerprint density at radius 1 is 1.21 bits per heavy atom. The van der Waals surface area contributed by atoms with Gasteiger partial charge in [-0.3, -0.25) is 0 Å². The average molecular weight is 260 g/mol. The number of hydrogen-bond donors (Lipinski definition) is 1. The maximum absolute atomic E-state index is 5.83. The predicted molar refractivity (Wildman–Crippen MR) is 73.6 cm³/mol. The first-order chi connectivity index (χ1) is 9.26. The largest absolute Gasteiger partial charge is 0.330 e. The minimum atomic E-state index is 0.319. The molecule has 4 fully saturated rings. The first-order valence-corrected chi connectivity index (χ1v) is 7.85. The Hall–Kier alpha value is -0.900. The van der Waals surface area contributed by atoms with Crippen LogP contribution in [0.25, 0.3) is 0 Å². The smallest absolute Gasteiger partial charge is 0.137 e. The van der Waals surface area contributed by atoms with E-state index < -0.39 is 0 Å². The molecule has 0 spiro atoms. The Morgan fingerprint density at radius 2 is 1.84 bits per heavy atom. The second kappa shape index (κ2) is 4.30. The van der Waals surface area contributed by atoms with Gasteiger partial charge in [-0.2, -0.15) is 0 Å². The highest BCUT2D eigenvalue weighted by molar-refractivity contribution is 5.06. The van der Waals surface area contributed by atoms with E-state index in [0.29, 0.717) is 18.5 Å². The number of hydrogen-bond acceptors (Lipinski definition) is 3. The van der Waals surface area contributed by atoms with E-state index in [1.165, 1.54) is 32.1 Å². The Balaban J connectivity index is 1.67. The summed E-state index contributed by atoms with van der Waals surface area (Å²) in [6, 6.07) is 0.659. The first-order valence-electron chi connectivity index (χ1n) is 7.85. The van der Waals surface area contributed by atoms with Gasteiger partial charge in [0.15, 0.2) is 0 Å². The van der Waals surface area contributed by atoms with E-state index >= 15 is 0 Å². The fourth-order valence-corrected chi connectivity index (χ4v) is 5.29. The number of nitrogens with two attached hydrogens (primary N) is 1. The van der Waals surface area contributed by atoms with Gasteiger partial charge in [-0.1, -0.05) is 6.92 Å².